The summed E-state index contributed by atoms with van der Waals surface area (Å²) in [4.78, 5) is 11.7. The summed E-state index contributed by atoms with van der Waals surface area (Å²) in [5.74, 6) is -0.0697. The van der Waals surface area contributed by atoms with Crippen LogP contribution in [0.3, 0.4) is 0 Å². The van der Waals surface area contributed by atoms with Gasteiger partial charge in [-0.25, -0.2) is 9.07 Å². The number of rotatable bonds is 2. The second kappa shape index (κ2) is 3.74. The standard InChI is InChI=1S/C12H10ClFN2O/c13-9-4-3-8(5-10(9)14)16-12(17)6-11(15-16)7-1-2-7/h3-7,15H,1-2H2. The minimum absolute atomic E-state index is 0.0516. The third kappa shape index (κ3) is 1.89. The van der Waals surface area contributed by atoms with Gasteiger partial charge in [-0.05, 0) is 25.0 Å². The maximum absolute atomic E-state index is 13.3. The van der Waals surface area contributed by atoms with E-state index >= 15 is 0 Å². The highest BCUT2D eigenvalue weighted by molar-refractivity contribution is 6.30. The van der Waals surface area contributed by atoms with Crippen molar-refractivity contribution in [1.82, 2.24) is 9.78 Å². The van der Waals surface area contributed by atoms with E-state index in [0.717, 1.165) is 18.5 Å². The first-order chi connectivity index (χ1) is 8.15. The van der Waals surface area contributed by atoms with Gasteiger partial charge in [0.25, 0.3) is 5.56 Å². The van der Waals surface area contributed by atoms with Gasteiger partial charge in [-0.1, -0.05) is 11.6 Å². The van der Waals surface area contributed by atoms with Crippen molar-refractivity contribution in [3.05, 3.63) is 51.2 Å². The molecule has 88 valence electrons. The van der Waals surface area contributed by atoms with Crippen LogP contribution in [-0.2, 0) is 0 Å². The van der Waals surface area contributed by atoms with E-state index in [1.54, 1.807) is 12.1 Å². The second-order valence-corrected chi connectivity index (χ2v) is 4.67. The molecule has 0 radical (unpaired) electrons. The quantitative estimate of drug-likeness (QED) is 0.877. The molecule has 0 unspecified atom stereocenters. The lowest BCUT2D eigenvalue weighted by Gasteiger charge is -2.02. The Bertz CT molecular complexity index is 628. The van der Waals surface area contributed by atoms with Gasteiger partial charge in [-0.3, -0.25) is 9.89 Å². The topological polar surface area (TPSA) is 37.8 Å². The summed E-state index contributed by atoms with van der Waals surface area (Å²) in [5.41, 5.74) is 1.21. The molecule has 1 heterocycles. The summed E-state index contributed by atoms with van der Waals surface area (Å²) >= 11 is 5.60. The monoisotopic (exact) mass is 252 g/mol. The average Bonchev–Trinajstić information content (AvgIpc) is 3.07. The maximum Gasteiger partial charge on any atom is 0.271 e. The number of aromatic amines is 1. The molecule has 3 rings (SSSR count). The molecule has 0 atom stereocenters. The van der Waals surface area contributed by atoms with Crippen molar-refractivity contribution in [1.29, 1.82) is 0 Å². The Morgan fingerprint density at radius 1 is 1.35 bits per heavy atom. The molecule has 1 aliphatic carbocycles. The fourth-order valence-electron chi connectivity index (χ4n) is 1.83. The highest BCUT2D eigenvalue weighted by atomic mass is 35.5. The third-order valence-corrected chi connectivity index (χ3v) is 3.23. The van der Waals surface area contributed by atoms with Crippen molar-refractivity contribution in [3.63, 3.8) is 0 Å². The Labute approximate surface area is 102 Å². The Hall–Kier alpha value is -1.55. The summed E-state index contributed by atoms with van der Waals surface area (Å²) in [6, 6.07) is 5.87. The van der Waals surface area contributed by atoms with Gasteiger partial charge in [0, 0.05) is 23.7 Å². The lowest BCUT2D eigenvalue weighted by molar-refractivity contribution is 0.625. The van der Waals surface area contributed by atoms with Gasteiger partial charge in [-0.15, -0.1) is 0 Å². The SMILES string of the molecule is O=c1cc(C2CC2)[nH]n1-c1ccc(Cl)c(F)c1. The maximum atomic E-state index is 13.3. The van der Waals surface area contributed by atoms with Crippen molar-refractivity contribution in [2.75, 3.05) is 0 Å². The zero-order valence-electron chi connectivity index (χ0n) is 8.91. The predicted octanol–water partition coefficient (Wildman–Crippen LogP) is 2.84. The summed E-state index contributed by atoms with van der Waals surface area (Å²) < 4.78 is 14.7. The smallest absolute Gasteiger partial charge is 0.271 e. The molecule has 1 saturated carbocycles. The van der Waals surface area contributed by atoms with Gasteiger partial charge in [0.1, 0.15) is 5.82 Å². The minimum atomic E-state index is -0.529. The molecule has 0 spiro atoms. The fourth-order valence-corrected chi connectivity index (χ4v) is 1.95. The van der Waals surface area contributed by atoms with Gasteiger partial charge >= 0.3 is 0 Å². The molecule has 1 aromatic heterocycles. The van der Waals surface area contributed by atoms with Crippen LogP contribution in [-0.4, -0.2) is 9.78 Å². The van der Waals surface area contributed by atoms with E-state index < -0.39 is 5.82 Å². The number of hydrogen-bond donors (Lipinski definition) is 1. The first kappa shape index (κ1) is 10.6. The van der Waals surface area contributed by atoms with E-state index in [4.69, 9.17) is 11.6 Å². The van der Waals surface area contributed by atoms with Crippen LogP contribution in [0.2, 0.25) is 5.02 Å². The highest BCUT2D eigenvalue weighted by Gasteiger charge is 2.26. The highest BCUT2D eigenvalue weighted by Crippen LogP contribution is 2.38. The second-order valence-electron chi connectivity index (χ2n) is 4.26. The molecule has 0 amide bonds. The van der Waals surface area contributed by atoms with Crippen LogP contribution in [0, 0.1) is 5.82 Å². The van der Waals surface area contributed by atoms with E-state index in [2.05, 4.69) is 5.10 Å². The van der Waals surface area contributed by atoms with Crippen LogP contribution >= 0.6 is 11.6 Å². The van der Waals surface area contributed by atoms with E-state index in [1.165, 1.54) is 16.8 Å². The summed E-state index contributed by atoms with van der Waals surface area (Å²) in [7, 11) is 0. The Kier molecular flexibility index (Phi) is 2.33. The Morgan fingerprint density at radius 3 is 2.76 bits per heavy atom. The lowest BCUT2D eigenvalue weighted by Crippen LogP contribution is -2.13. The summed E-state index contributed by atoms with van der Waals surface area (Å²) in [6.07, 6.45) is 2.21. The lowest BCUT2D eigenvalue weighted by atomic mass is 10.3. The van der Waals surface area contributed by atoms with Crippen molar-refractivity contribution in [2.24, 2.45) is 0 Å². The predicted molar refractivity (Wildman–Crippen MR) is 63.3 cm³/mol. The van der Waals surface area contributed by atoms with Gasteiger partial charge in [0.05, 0.1) is 10.7 Å². The molecule has 3 nitrogen and oxygen atoms in total. The zero-order chi connectivity index (χ0) is 12.0. The normalized spacial score (nSPS) is 15.2. The van der Waals surface area contributed by atoms with Crippen LogP contribution in [0.4, 0.5) is 4.39 Å². The van der Waals surface area contributed by atoms with Gasteiger partial charge < -0.3 is 0 Å². The van der Waals surface area contributed by atoms with Crippen LogP contribution in [0.15, 0.2) is 29.1 Å². The van der Waals surface area contributed by atoms with Gasteiger partial charge in [-0.2, -0.15) is 0 Å². The van der Waals surface area contributed by atoms with Crippen LogP contribution in [0.25, 0.3) is 5.69 Å². The molecule has 5 heteroatoms. The first-order valence-corrected chi connectivity index (χ1v) is 5.80. The molecule has 17 heavy (non-hydrogen) atoms. The summed E-state index contributed by atoms with van der Waals surface area (Å²) in [6.45, 7) is 0. The van der Waals surface area contributed by atoms with Crippen LogP contribution in [0.1, 0.15) is 24.5 Å². The molecular formula is C12H10ClFN2O. The van der Waals surface area contributed by atoms with Crippen molar-refractivity contribution < 1.29 is 4.39 Å². The molecule has 1 N–H and O–H groups in total. The number of aromatic nitrogens is 2. The van der Waals surface area contributed by atoms with Crippen molar-refractivity contribution in [3.8, 4) is 5.69 Å². The van der Waals surface area contributed by atoms with Crippen molar-refractivity contribution in [2.45, 2.75) is 18.8 Å². The first-order valence-electron chi connectivity index (χ1n) is 5.42. The van der Waals surface area contributed by atoms with E-state index in [-0.39, 0.29) is 10.6 Å². The minimum Gasteiger partial charge on any atom is -0.295 e. The number of nitrogens with zero attached hydrogens (tertiary/aromatic N) is 1. The van der Waals surface area contributed by atoms with Gasteiger partial charge in [0.2, 0.25) is 0 Å². The Balaban J connectivity index is 2.07. The van der Waals surface area contributed by atoms with Crippen LogP contribution in [0.5, 0.6) is 0 Å². The molecule has 1 fully saturated rings. The van der Waals surface area contributed by atoms with E-state index in [0.29, 0.717) is 11.6 Å². The largest absolute Gasteiger partial charge is 0.295 e. The number of halogens is 2. The number of H-pyrrole nitrogens is 1. The molecule has 0 bridgehead atoms. The molecule has 0 saturated heterocycles. The molecule has 1 aromatic carbocycles. The molecule has 0 aliphatic heterocycles. The number of benzene rings is 1. The van der Waals surface area contributed by atoms with E-state index in [9.17, 15) is 9.18 Å². The average molecular weight is 253 g/mol. The molecular weight excluding hydrogens is 243 g/mol. The third-order valence-electron chi connectivity index (χ3n) is 2.92. The van der Waals surface area contributed by atoms with Crippen LogP contribution < -0.4 is 5.56 Å². The Morgan fingerprint density at radius 2 is 2.12 bits per heavy atom. The fraction of sp³-hybridized carbons (Fsp3) is 0.250. The molecule has 2 aromatic rings. The van der Waals surface area contributed by atoms with Gasteiger partial charge in [0.15, 0.2) is 0 Å². The number of nitrogens with one attached hydrogen (secondary N) is 1. The van der Waals surface area contributed by atoms with Crippen molar-refractivity contribution >= 4 is 11.6 Å². The zero-order valence-corrected chi connectivity index (χ0v) is 9.67. The van der Waals surface area contributed by atoms with E-state index in [1.807, 2.05) is 0 Å². The number of hydrogen-bond acceptors (Lipinski definition) is 1. The molecule has 1 aliphatic rings. The summed E-state index contributed by atoms with van der Waals surface area (Å²) in [5, 5.41) is 3.05.